The van der Waals surface area contributed by atoms with E-state index in [4.69, 9.17) is 0 Å². The summed E-state index contributed by atoms with van der Waals surface area (Å²) in [7, 11) is 0. The van der Waals surface area contributed by atoms with Crippen LogP contribution in [-0.2, 0) is 4.79 Å². The van der Waals surface area contributed by atoms with Gasteiger partial charge in [-0.3, -0.25) is 9.69 Å². The number of aliphatic hydroxyl groups excluding tert-OH is 1. The quantitative estimate of drug-likeness (QED) is 0.826. The van der Waals surface area contributed by atoms with Crippen molar-refractivity contribution in [3.63, 3.8) is 0 Å². The zero-order chi connectivity index (χ0) is 17.4. The van der Waals surface area contributed by atoms with E-state index in [1.54, 1.807) is 0 Å². The second-order valence-electron chi connectivity index (χ2n) is 5.60. The molecule has 0 saturated carbocycles. The largest absolute Gasteiger partial charge is 0.573 e. The molecule has 6 nitrogen and oxygen atoms in total. The van der Waals surface area contributed by atoms with E-state index >= 15 is 0 Å². The van der Waals surface area contributed by atoms with Crippen molar-refractivity contribution in [2.75, 3.05) is 6.54 Å². The Labute approximate surface area is 129 Å². The van der Waals surface area contributed by atoms with Crippen LogP contribution in [0.2, 0.25) is 0 Å². The number of hydrogen-bond donors (Lipinski definition) is 2. The Morgan fingerprint density at radius 3 is 2.26 bits per heavy atom. The van der Waals surface area contributed by atoms with Gasteiger partial charge in [0.05, 0.1) is 12.6 Å². The number of rotatable bonds is 4. The van der Waals surface area contributed by atoms with E-state index in [-0.39, 0.29) is 12.1 Å². The summed E-state index contributed by atoms with van der Waals surface area (Å²) in [6, 6.07) is 3.92. The molecule has 1 saturated heterocycles. The molecule has 1 aromatic rings. The third-order valence-electron chi connectivity index (χ3n) is 3.30. The minimum Gasteiger partial charge on any atom is -0.406 e. The van der Waals surface area contributed by atoms with Crippen molar-refractivity contribution in [1.82, 2.24) is 10.2 Å². The first-order valence-corrected chi connectivity index (χ1v) is 6.67. The summed E-state index contributed by atoms with van der Waals surface area (Å²) in [6.07, 6.45) is -6.02. The van der Waals surface area contributed by atoms with Gasteiger partial charge in [0.15, 0.2) is 0 Å². The number of nitrogens with one attached hydrogen (secondary N) is 1. The van der Waals surface area contributed by atoms with Crippen molar-refractivity contribution in [3.8, 4) is 5.75 Å². The van der Waals surface area contributed by atoms with Crippen molar-refractivity contribution in [3.05, 3.63) is 29.8 Å². The van der Waals surface area contributed by atoms with Gasteiger partial charge in [0.2, 0.25) is 0 Å². The molecule has 3 amide bonds. The van der Waals surface area contributed by atoms with Crippen molar-refractivity contribution < 1.29 is 32.6 Å². The van der Waals surface area contributed by atoms with Gasteiger partial charge in [0, 0.05) is 0 Å². The Hall–Kier alpha value is -2.29. The first-order valence-electron chi connectivity index (χ1n) is 6.67. The van der Waals surface area contributed by atoms with E-state index in [2.05, 4.69) is 10.1 Å². The second-order valence-corrected chi connectivity index (χ2v) is 5.60. The molecule has 23 heavy (non-hydrogen) atoms. The minimum absolute atomic E-state index is 0.254. The number of aliphatic hydroxyl groups is 1. The Kier molecular flexibility index (Phi) is 4.25. The van der Waals surface area contributed by atoms with Crippen LogP contribution < -0.4 is 10.1 Å². The number of carbonyl (C=O) groups excluding carboxylic acids is 2. The van der Waals surface area contributed by atoms with Gasteiger partial charge in [-0.2, -0.15) is 0 Å². The predicted octanol–water partition coefficient (Wildman–Crippen LogP) is 1.95. The molecule has 0 aliphatic carbocycles. The van der Waals surface area contributed by atoms with E-state index in [1.165, 1.54) is 26.0 Å². The van der Waals surface area contributed by atoms with E-state index in [9.17, 15) is 27.9 Å². The zero-order valence-electron chi connectivity index (χ0n) is 12.3. The predicted molar refractivity (Wildman–Crippen MR) is 72.4 cm³/mol. The summed E-state index contributed by atoms with van der Waals surface area (Å²) >= 11 is 0. The summed E-state index contributed by atoms with van der Waals surface area (Å²) in [6.45, 7) is 2.76. The van der Waals surface area contributed by atoms with Crippen molar-refractivity contribution >= 4 is 11.9 Å². The summed E-state index contributed by atoms with van der Waals surface area (Å²) in [4.78, 5) is 24.6. The maximum atomic E-state index is 12.1. The van der Waals surface area contributed by atoms with Crippen molar-refractivity contribution in [2.45, 2.75) is 31.9 Å². The molecule has 1 heterocycles. The molecule has 1 fully saturated rings. The van der Waals surface area contributed by atoms with Crippen LogP contribution >= 0.6 is 0 Å². The molecular formula is C14H15F3N2O4. The number of carbonyl (C=O) groups is 2. The third-order valence-corrected chi connectivity index (χ3v) is 3.30. The fourth-order valence-corrected chi connectivity index (χ4v) is 2.15. The van der Waals surface area contributed by atoms with E-state index in [1.807, 2.05) is 0 Å². The molecule has 0 spiro atoms. The maximum absolute atomic E-state index is 12.1. The smallest absolute Gasteiger partial charge is 0.406 e. The Morgan fingerprint density at radius 2 is 1.83 bits per heavy atom. The number of benzene rings is 1. The van der Waals surface area contributed by atoms with Crippen LogP contribution in [0.4, 0.5) is 18.0 Å². The van der Waals surface area contributed by atoms with Crippen LogP contribution in [0.25, 0.3) is 0 Å². The molecule has 1 aliphatic rings. The number of hydrogen-bond acceptors (Lipinski definition) is 4. The molecule has 1 aliphatic heterocycles. The third kappa shape index (κ3) is 3.92. The maximum Gasteiger partial charge on any atom is 0.573 e. The van der Waals surface area contributed by atoms with Gasteiger partial charge in [-0.05, 0) is 31.5 Å². The van der Waals surface area contributed by atoms with E-state index < -0.39 is 35.7 Å². The number of urea groups is 1. The molecule has 2 rings (SSSR count). The molecule has 0 aromatic heterocycles. The van der Waals surface area contributed by atoms with Crippen LogP contribution in [0, 0.1) is 0 Å². The number of amides is 3. The summed E-state index contributed by atoms with van der Waals surface area (Å²) in [5.41, 5.74) is -0.800. The summed E-state index contributed by atoms with van der Waals surface area (Å²) in [5.74, 6) is -0.914. The van der Waals surface area contributed by atoms with Gasteiger partial charge < -0.3 is 15.2 Å². The van der Waals surface area contributed by atoms with Gasteiger partial charge in [0.25, 0.3) is 5.91 Å². The fourth-order valence-electron chi connectivity index (χ4n) is 2.15. The molecule has 126 valence electrons. The number of alkyl halides is 3. The summed E-state index contributed by atoms with van der Waals surface area (Å²) < 4.78 is 39.9. The van der Waals surface area contributed by atoms with Crippen LogP contribution in [0.1, 0.15) is 25.5 Å². The lowest BCUT2D eigenvalue weighted by Gasteiger charge is -2.19. The van der Waals surface area contributed by atoms with Gasteiger partial charge in [0.1, 0.15) is 11.3 Å². The summed E-state index contributed by atoms with van der Waals surface area (Å²) in [5, 5.41) is 12.5. The number of halogens is 3. The Balaban J connectivity index is 2.05. The lowest BCUT2D eigenvalue weighted by atomic mass is 10.1. The van der Waals surface area contributed by atoms with Crippen molar-refractivity contribution in [1.29, 1.82) is 0 Å². The SMILES string of the molecule is CC1(C)NC(=O)N(C[C@H](O)c2ccc(OC(F)(F)F)cc2)C1=O. The highest BCUT2D eigenvalue weighted by atomic mass is 19.4. The van der Waals surface area contributed by atoms with Crippen LogP contribution in [0.15, 0.2) is 24.3 Å². The molecule has 0 unspecified atom stereocenters. The second kappa shape index (κ2) is 5.73. The number of β-amino-alcohol motifs (C(OH)–C–C–N with tert-alkyl or cyclic N) is 1. The van der Waals surface area contributed by atoms with Gasteiger partial charge >= 0.3 is 12.4 Å². The molecular weight excluding hydrogens is 317 g/mol. The van der Waals surface area contributed by atoms with E-state index in [0.29, 0.717) is 0 Å². The molecule has 0 bridgehead atoms. The van der Waals surface area contributed by atoms with Gasteiger partial charge in [-0.1, -0.05) is 12.1 Å². The zero-order valence-corrected chi connectivity index (χ0v) is 12.3. The highest BCUT2D eigenvalue weighted by Crippen LogP contribution is 2.26. The molecule has 1 atom stereocenters. The molecule has 1 aromatic carbocycles. The first kappa shape index (κ1) is 17.1. The van der Waals surface area contributed by atoms with E-state index in [0.717, 1.165) is 17.0 Å². The minimum atomic E-state index is -4.80. The van der Waals surface area contributed by atoms with Crippen molar-refractivity contribution in [2.24, 2.45) is 0 Å². The molecule has 0 radical (unpaired) electrons. The number of imide groups is 1. The van der Waals surface area contributed by atoms with Crippen LogP contribution in [0.3, 0.4) is 0 Å². The molecule has 2 N–H and O–H groups in total. The monoisotopic (exact) mass is 332 g/mol. The average molecular weight is 332 g/mol. The Bertz CT molecular complexity index is 613. The highest BCUT2D eigenvalue weighted by molar-refractivity contribution is 6.06. The first-order chi connectivity index (χ1) is 10.5. The number of nitrogens with zero attached hydrogens (tertiary/aromatic N) is 1. The van der Waals surface area contributed by atoms with Crippen LogP contribution in [0.5, 0.6) is 5.75 Å². The topological polar surface area (TPSA) is 78.9 Å². The standard InChI is InChI=1S/C14H15F3N2O4/c1-13(2)11(21)19(12(22)18-13)7-10(20)8-3-5-9(6-4-8)23-14(15,16)17/h3-6,10,20H,7H2,1-2H3,(H,18,22)/t10-/m0/s1. The average Bonchev–Trinajstić information content (AvgIpc) is 2.60. The van der Waals surface area contributed by atoms with Crippen LogP contribution in [-0.4, -0.2) is 40.4 Å². The van der Waals surface area contributed by atoms with Gasteiger partial charge in [-0.15, -0.1) is 13.2 Å². The normalized spacial score (nSPS) is 18.8. The lowest BCUT2D eigenvalue weighted by Crippen LogP contribution is -2.40. The Morgan fingerprint density at radius 1 is 1.26 bits per heavy atom. The number of ether oxygens (including phenoxy) is 1. The van der Waals surface area contributed by atoms with Gasteiger partial charge in [-0.25, -0.2) is 4.79 Å². The molecule has 9 heteroatoms. The lowest BCUT2D eigenvalue weighted by molar-refractivity contribution is -0.274. The highest BCUT2D eigenvalue weighted by Gasteiger charge is 2.44. The fraction of sp³-hybridized carbons (Fsp3) is 0.429.